The van der Waals surface area contributed by atoms with Crippen LogP contribution in [0.15, 0.2) is 11.6 Å². The fourth-order valence-corrected chi connectivity index (χ4v) is 2.50. The molecular weight excluding hydrogens is 196 g/mol. The zero-order chi connectivity index (χ0) is 12.0. The van der Waals surface area contributed by atoms with Crippen LogP contribution in [-0.4, -0.2) is 11.2 Å². The van der Waals surface area contributed by atoms with Gasteiger partial charge in [0.25, 0.3) is 0 Å². The van der Waals surface area contributed by atoms with Crippen molar-refractivity contribution in [2.24, 2.45) is 11.8 Å². The van der Waals surface area contributed by atoms with Gasteiger partial charge in [-0.3, -0.25) is 0 Å². The molecule has 1 nitrogen and oxygen atoms in total. The van der Waals surface area contributed by atoms with Crippen LogP contribution in [0.2, 0.25) is 0 Å². The predicted octanol–water partition coefficient (Wildman–Crippen LogP) is 4.31. The van der Waals surface area contributed by atoms with Crippen LogP contribution >= 0.6 is 0 Å². The van der Waals surface area contributed by atoms with E-state index < -0.39 is 0 Å². The average molecular weight is 224 g/mol. The molecule has 0 aromatic carbocycles. The maximum absolute atomic E-state index is 10.0. The summed E-state index contributed by atoms with van der Waals surface area (Å²) in [6, 6.07) is 0. The number of aliphatic hydroxyl groups is 1. The smallest absolute Gasteiger partial charge is 0.0566 e. The second kappa shape index (κ2) is 7.11. The Morgan fingerprint density at radius 1 is 1.12 bits per heavy atom. The van der Waals surface area contributed by atoms with Crippen LogP contribution in [-0.2, 0) is 0 Å². The molecular formula is C15H28O. The van der Waals surface area contributed by atoms with Gasteiger partial charge in [0, 0.05) is 0 Å². The minimum atomic E-state index is -0.0874. The number of rotatable bonds is 0. The molecule has 0 saturated heterocycles. The fourth-order valence-electron chi connectivity index (χ4n) is 2.50. The van der Waals surface area contributed by atoms with E-state index in [0.29, 0.717) is 5.92 Å². The first-order chi connectivity index (χ1) is 7.59. The summed E-state index contributed by atoms with van der Waals surface area (Å²) in [5.74, 6) is 1.23. The van der Waals surface area contributed by atoms with Crippen molar-refractivity contribution in [1.29, 1.82) is 0 Å². The molecule has 1 aliphatic carbocycles. The van der Waals surface area contributed by atoms with Crippen LogP contribution in [0.3, 0.4) is 0 Å². The van der Waals surface area contributed by atoms with E-state index in [1.54, 1.807) is 0 Å². The lowest BCUT2D eigenvalue weighted by Crippen LogP contribution is -2.18. The second-order valence-electron chi connectivity index (χ2n) is 5.75. The van der Waals surface area contributed by atoms with E-state index >= 15 is 0 Å². The fraction of sp³-hybridized carbons (Fsp3) is 0.867. The number of allylic oxidation sites excluding steroid dienone is 2. The predicted molar refractivity (Wildman–Crippen MR) is 70.4 cm³/mol. The van der Waals surface area contributed by atoms with Crippen molar-refractivity contribution < 1.29 is 5.11 Å². The van der Waals surface area contributed by atoms with Crippen molar-refractivity contribution in [3.63, 3.8) is 0 Å². The summed E-state index contributed by atoms with van der Waals surface area (Å²) in [5.41, 5.74) is 1.54. The summed E-state index contributed by atoms with van der Waals surface area (Å²) in [5, 5.41) is 10.0. The number of hydrogen-bond acceptors (Lipinski definition) is 1. The highest BCUT2D eigenvalue weighted by Gasteiger charge is 2.15. The molecule has 0 aliphatic heterocycles. The lowest BCUT2D eigenvalue weighted by atomic mass is 9.89. The quantitative estimate of drug-likeness (QED) is 0.608. The highest BCUT2D eigenvalue weighted by atomic mass is 16.3. The molecule has 0 bridgehead atoms. The van der Waals surface area contributed by atoms with Gasteiger partial charge in [0.2, 0.25) is 0 Å². The number of hydrogen-bond donors (Lipinski definition) is 1. The van der Waals surface area contributed by atoms with Crippen LogP contribution in [0.5, 0.6) is 0 Å². The average Bonchev–Trinajstić information content (AvgIpc) is 2.24. The third kappa shape index (κ3) is 5.16. The maximum atomic E-state index is 10.0. The molecule has 0 fully saturated rings. The lowest BCUT2D eigenvalue weighted by Gasteiger charge is -2.21. The molecule has 0 radical (unpaired) electrons. The van der Waals surface area contributed by atoms with Gasteiger partial charge < -0.3 is 5.11 Å². The largest absolute Gasteiger partial charge is 0.393 e. The monoisotopic (exact) mass is 224 g/mol. The molecule has 1 aliphatic rings. The Morgan fingerprint density at radius 2 is 1.88 bits per heavy atom. The maximum Gasteiger partial charge on any atom is 0.0566 e. The van der Waals surface area contributed by atoms with E-state index in [2.05, 4.69) is 26.8 Å². The first-order valence-electron chi connectivity index (χ1n) is 6.93. The molecule has 1 N–H and O–H groups in total. The van der Waals surface area contributed by atoms with Gasteiger partial charge in [-0.05, 0) is 57.3 Å². The van der Waals surface area contributed by atoms with Crippen LogP contribution in [0.25, 0.3) is 0 Å². The molecule has 0 saturated carbocycles. The molecule has 0 aromatic heterocycles. The van der Waals surface area contributed by atoms with E-state index in [1.165, 1.54) is 31.3 Å². The van der Waals surface area contributed by atoms with Gasteiger partial charge in [-0.25, -0.2) is 0 Å². The normalized spacial score (nSPS) is 38.0. The van der Waals surface area contributed by atoms with Gasteiger partial charge in [0.05, 0.1) is 6.10 Å². The molecule has 0 aromatic rings. The first kappa shape index (κ1) is 13.8. The van der Waals surface area contributed by atoms with Gasteiger partial charge in [0.1, 0.15) is 0 Å². The van der Waals surface area contributed by atoms with E-state index in [9.17, 15) is 5.11 Å². The summed E-state index contributed by atoms with van der Waals surface area (Å²) >= 11 is 0. The van der Waals surface area contributed by atoms with Crippen molar-refractivity contribution in [3.05, 3.63) is 11.6 Å². The molecule has 94 valence electrons. The summed E-state index contributed by atoms with van der Waals surface area (Å²) in [6.45, 7) is 6.75. The van der Waals surface area contributed by atoms with Gasteiger partial charge in [0.15, 0.2) is 0 Å². The standard InChI is InChI=1S/C15H28O/c1-12-6-4-7-13(2)10-11-15(16)14(3)9-5-8-12/h8,13-16H,4-7,9-11H2,1-3H3/b12-8-. The Bertz CT molecular complexity index is 219. The van der Waals surface area contributed by atoms with E-state index in [-0.39, 0.29) is 6.10 Å². The minimum absolute atomic E-state index is 0.0874. The highest BCUT2D eigenvalue weighted by molar-refractivity contribution is 4.98. The van der Waals surface area contributed by atoms with Crippen molar-refractivity contribution in [2.75, 3.05) is 0 Å². The Hall–Kier alpha value is -0.300. The van der Waals surface area contributed by atoms with Crippen LogP contribution in [0.1, 0.15) is 65.7 Å². The Labute approximate surface area is 101 Å². The van der Waals surface area contributed by atoms with E-state index in [4.69, 9.17) is 0 Å². The second-order valence-corrected chi connectivity index (χ2v) is 5.75. The lowest BCUT2D eigenvalue weighted by molar-refractivity contribution is 0.0960. The van der Waals surface area contributed by atoms with Crippen LogP contribution < -0.4 is 0 Å². The third-order valence-electron chi connectivity index (χ3n) is 3.99. The van der Waals surface area contributed by atoms with Crippen molar-refractivity contribution >= 4 is 0 Å². The van der Waals surface area contributed by atoms with Gasteiger partial charge >= 0.3 is 0 Å². The van der Waals surface area contributed by atoms with Crippen LogP contribution in [0, 0.1) is 11.8 Å². The van der Waals surface area contributed by atoms with Crippen molar-refractivity contribution in [2.45, 2.75) is 71.8 Å². The topological polar surface area (TPSA) is 20.2 Å². The molecule has 3 unspecified atom stereocenters. The summed E-state index contributed by atoms with van der Waals surface area (Å²) in [7, 11) is 0. The first-order valence-corrected chi connectivity index (χ1v) is 6.93. The zero-order valence-corrected chi connectivity index (χ0v) is 11.2. The Balaban J connectivity index is 2.52. The molecule has 3 atom stereocenters. The third-order valence-corrected chi connectivity index (χ3v) is 3.99. The molecule has 0 amide bonds. The highest BCUT2D eigenvalue weighted by Crippen LogP contribution is 2.23. The minimum Gasteiger partial charge on any atom is -0.393 e. The van der Waals surface area contributed by atoms with Gasteiger partial charge in [-0.2, -0.15) is 0 Å². The van der Waals surface area contributed by atoms with E-state index in [1.807, 2.05) is 0 Å². The molecule has 0 spiro atoms. The van der Waals surface area contributed by atoms with E-state index in [0.717, 1.165) is 25.2 Å². The summed E-state index contributed by atoms with van der Waals surface area (Å²) < 4.78 is 0. The van der Waals surface area contributed by atoms with Crippen molar-refractivity contribution in [1.82, 2.24) is 0 Å². The zero-order valence-electron chi connectivity index (χ0n) is 11.2. The van der Waals surface area contributed by atoms with Crippen LogP contribution in [0.4, 0.5) is 0 Å². The molecule has 0 heterocycles. The SMILES string of the molecule is C/C1=C/CCC(C)C(O)CCC(C)CCC1. The van der Waals surface area contributed by atoms with Gasteiger partial charge in [-0.15, -0.1) is 0 Å². The Morgan fingerprint density at radius 3 is 2.62 bits per heavy atom. The summed E-state index contributed by atoms with van der Waals surface area (Å²) in [4.78, 5) is 0. The van der Waals surface area contributed by atoms with Gasteiger partial charge in [-0.1, -0.05) is 31.9 Å². The van der Waals surface area contributed by atoms with Crippen molar-refractivity contribution in [3.8, 4) is 0 Å². The Kier molecular flexibility index (Phi) is 6.12. The molecule has 1 heteroatoms. The summed E-state index contributed by atoms with van der Waals surface area (Å²) in [6.07, 6.45) is 10.6. The number of aliphatic hydroxyl groups excluding tert-OH is 1. The molecule has 1 rings (SSSR count). The molecule has 16 heavy (non-hydrogen) atoms.